The zero-order chi connectivity index (χ0) is 19.5. The predicted octanol–water partition coefficient (Wildman–Crippen LogP) is 3.54. The number of benzene rings is 2. The van der Waals surface area contributed by atoms with Gasteiger partial charge in [-0.15, -0.1) is 0 Å². The molecule has 0 unspecified atom stereocenters. The fraction of sp³-hybridized carbons (Fsp3) is 0.333. The van der Waals surface area contributed by atoms with Crippen molar-refractivity contribution in [1.29, 1.82) is 0 Å². The molecule has 1 saturated heterocycles. The average molecular weight is 398 g/mol. The van der Waals surface area contributed by atoms with E-state index in [1.165, 1.54) is 11.3 Å². The minimum atomic E-state index is -0.00325. The summed E-state index contributed by atoms with van der Waals surface area (Å²) in [6, 6.07) is 13.7. The van der Waals surface area contributed by atoms with Gasteiger partial charge in [-0.3, -0.25) is 4.79 Å². The highest BCUT2D eigenvalue weighted by atomic mass is 32.1. The third-order valence-corrected chi connectivity index (χ3v) is 5.75. The monoisotopic (exact) mass is 398 g/mol. The van der Waals surface area contributed by atoms with Gasteiger partial charge in [0.2, 0.25) is 5.91 Å². The quantitative estimate of drug-likeness (QED) is 0.609. The highest BCUT2D eigenvalue weighted by molar-refractivity contribution is 7.20. The molecule has 1 aliphatic heterocycles. The number of rotatable bonds is 7. The van der Waals surface area contributed by atoms with Gasteiger partial charge in [-0.05, 0) is 36.2 Å². The molecule has 0 bridgehead atoms. The van der Waals surface area contributed by atoms with Gasteiger partial charge in [0.05, 0.1) is 32.0 Å². The van der Waals surface area contributed by atoms with Crippen molar-refractivity contribution < 1.29 is 19.0 Å². The number of fused-ring (bicyclic) bond motifs is 1. The average Bonchev–Trinajstić information content (AvgIpc) is 3.11. The maximum absolute atomic E-state index is 12.4. The van der Waals surface area contributed by atoms with E-state index in [0.717, 1.165) is 33.7 Å². The number of para-hydroxylation sites is 1. The van der Waals surface area contributed by atoms with Crippen LogP contribution in [0.4, 0.5) is 0 Å². The largest absolute Gasteiger partial charge is 0.497 e. The first-order chi connectivity index (χ1) is 13.7. The molecular formula is C21H22N2O4S. The number of likely N-dealkylation sites (tertiary alicyclic amines) is 1. The Bertz CT molecular complexity index is 964. The molecule has 0 spiro atoms. The summed E-state index contributed by atoms with van der Waals surface area (Å²) in [4.78, 5) is 18.7. The Morgan fingerprint density at radius 2 is 1.93 bits per heavy atom. The van der Waals surface area contributed by atoms with Crippen LogP contribution in [0.1, 0.15) is 12.0 Å². The maximum Gasteiger partial charge on any atom is 0.274 e. The zero-order valence-electron chi connectivity index (χ0n) is 15.9. The smallest absolute Gasteiger partial charge is 0.274 e. The Balaban J connectivity index is 1.26. The summed E-state index contributed by atoms with van der Waals surface area (Å²) in [5, 5.41) is 0.620. The standard InChI is InChI=1S/C21H22N2O4S/c1-25-15-9-6-14(7-10-15)8-11-19(24)23-12-16(13-23)27-21-22-20-17(26-2)4-3-5-18(20)28-21/h3-7,9-10,16H,8,11-13H2,1-2H3. The number of nitrogens with zero attached hydrogens (tertiary/aromatic N) is 2. The molecule has 2 heterocycles. The highest BCUT2D eigenvalue weighted by Gasteiger charge is 2.32. The summed E-state index contributed by atoms with van der Waals surface area (Å²) < 4.78 is 17.5. The van der Waals surface area contributed by atoms with Gasteiger partial charge in [0.15, 0.2) is 0 Å². The van der Waals surface area contributed by atoms with Crippen molar-refractivity contribution in [1.82, 2.24) is 9.88 Å². The molecule has 0 N–H and O–H groups in total. The topological polar surface area (TPSA) is 60.9 Å². The second-order valence-electron chi connectivity index (χ2n) is 6.67. The predicted molar refractivity (Wildman–Crippen MR) is 108 cm³/mol. The molecule has 0 atom stereocenters. The lowest BCUT2D eigenvalue weighted by Gasteiger charge is -2.38. The third kappa shape index (κ3) is 3.89. The van der Waals surface area contributed by atoms with Gasteiger partial charge >= 0.3 is 0 Å². The lowest BCUT2D eigenvalue weighted by atomic mass is 10.1. The first kappa shape index (κ1) is 18.6. The van der Waals surface area contributed by atoms with E-state index in [1.807, 2.05) is 47.4 Å². The first-order valence-electron chi connectivity index (χ1n) is 9.17. The van der Waals surface area contributed by atoms with Gasteiger partial charge in [0.25, 0.3) is 5.19 Å². The van der Waals surface area contributed by atoms with E-state index in [0.29, 0.717) is 24.7 Å². The van der Waals surface area contributed by atoms with Crippen molar-refractivity contribution in [2.24, 2.45) is 0 Å². The van der Waals surface area contributed by atoms with Gasteiger partial charge in [0, 0.05) is 6.42 Å². The summed E-state index contributed by atoms with van der Waals surface area (Å²) in [5.41, 5.74) is 1.95. The van der Waals surface area contributed by atoms with E-state index in [-0.39, 0.29) is 12.0 Å². The van der Waals surface area contributed by atoms with Crippen molar-refractivity contribution in [2.75, 3.05) is 27.3 Å². The molecule has 6 nitrogen and oxygen atoms in total. The Morgan fingerprint density at radius 3 is 2.64 bits per heavy atom. The second-order valence-corrected chi connectivity index (χ2v) is 7.67. The SMILES string of the molecule is COc1ccc(CCC(=O)N2CC(Oc3nc4c(OC)cccc4s3)C2)cc1. The van der Waals surface area contributed by atoms with Crippen LogP contribution in [0, 0.1) is 0 Å². The second kappa shape index (κ2) is 8.06. The van der Waals surface area contributed by atoms with Crippen LogP contribution in [0.25, 0.3) is 10.2 Å². The summed E-state index contributed by atoms with van der Waals surface area (Å²) in [7, 11) is 3.28. The van der Waals surface area contributed by atoms with Gasteiger partial charge in [-0.25, -0.2) is 0 Å². The van der Waals surface area contributed by atoms with Crippen molar-refractivity contribution in [3.8, 4) is 16.7 Å². The summed E-state index contributed by atoms with van der Waals surface area (Å²) in [6.07, 6.45) is 1.22. The van der Waals surface area contributed by atoms with Crippen molar-refractivity contribution in [3.05, 3.63) is 48.0 Å². The highest BCUT2D eigenvalue weighted by Crippen LogP contribution is 2.34. The van der Waals surface area contributed by atoms with E-state index in [2.05, 4.69) is 4.98 Å². The maximum atomic E-state index is 12.4. The fourth-order valence-corrected chi connectivity index (χ4v) is 4.08. The van der Waals surface area contributed by atoms with Crippen molar-refractivity contribution in [2.45, 2.75) is 18.9 Å². The Labute approximate surface area is 167 Å². The molecule has 1 aromatic heterocycles. The van der Waals surface area contributed by atoms with Gasteiger partial charge in [0.1, 0.15) is 23.1 Å². The van der Waals surface area contributed by atoms with E-state index in [1.54, 1.807) is 14.2 Å². The van der Waals surface area contributed by atoms with E-state index in [9.17, 15) is 4.79 Å². The molecule has 3 aromatic rings. The van der Waals surface area contributed by atoms with E-state index < -0.39 is 0 Å². The lowest BCUT2D eigenvalue weighted by Crippen LogP contribution is -2.56. The fourth-order valence-electron chi connectivity index (χ4n) is 3.18. The number of thiazole rings is 1. The molecule has 1 fully saturated rings. The molecule has 28 heavy (non-hydrogen) atoms. The van der Waals surface area contributed by atoms with Crippen molar-refractivity contribution in [3.63, 3.8) is 0 Å². The number of carbonyl (C=O) groups excluding carboxylic acids is 1. The number of ether oxygens (including phenoxy) is 3. The number of hydrogen-bond acceptors (Lipinski definition) is 6. The molecule has 0 aliphatic carbocycles. The summed E-state index contributed by atoms with van der Waals surface area (Å²) in [6.45, 7) is 1.21. The van der Waals surface area contributed by atoms with Gasteiger partial charge in [-0.2, -0.15) is 4.98 Å². The minimum Gasteiger partial charge on any atom is -0.497 e. The van der Waals surface area contributed by atoms with Gasteiger partial charge < -0.3 is 19.1 Å². The normalized spacial score (nSPS) is 14.0. The molecule has 146 valence electrons. The molecule has 4 rings (SSSR count). The zero-order valence-corrected chi connectivity index (χ0v) is 16.7. The number of aryl methyl sites for hydroxylation is 1. The Morgan fingerprint density at radius 1 is 1.14 bits per heavy atom. The number of hydrogen-bond donors (Lipinski definition) is 0. The number of methoxy groups -OCH3 is 2. The first-order valence-corrected chi connectivity index (χ1v) is 9.99. The Hall–Kier alpha value is -2.80. The van der Waals surface area contributed by atoms with Crippen molar-refractivity contribution >= 4 is 27.5 Å². The molecule has 0 saturated carbocycles. The number of amides is 1. The molecule has 1 amide bonds. The lowest BCUT2D eigenvalue weighted by molar-refractivity contribution is -0.139. The van der Waals surface area contributed by atoms with E-state index in [4.69, 9.17) is 14.2 Å². The van der Waals surface area contributed by atoms with Crippen LogP contribution in [0.15, 0.2) is 42.5 Å². The van der Waals surface area contributed by atoms with Crippen LogP contribution in [0.2, 0.25) is 0 Å². The summed E-state index contributed by atoms with van der Waals surface area (Å²) in [5.74, 6) is 1.72. The van der Waals surface area contributed by atoms with Crippen LogP contribution in [0.3, 0.4) is 0 Å². The van der Waals surface area contributed by atoms with Crippen LogP contribution >= 0.6 is 11.3 Å². The van der Waals surface area contributed by atoms with Crippen LogP contribution in [-0.2, 0) is 11.2 Å². The van der Waals surface area contributed by atoms with Crippen LogP contribution in [-0.4, -0.2) is 49.2 Å². The summed E-state index contributed by atoms with van der Waals surface area (Å²) >= 11 is 1.50. The molecule has 0 radical (unpaired) electrons. The third-order valence-electron chi connectivity index (χ3n) is 4.84. The van der Waals surface area contributed by atoms with Crippen LogP contribution in [0.5, 0.6) is 16.7 Å². The molecular weight excluding hydrogens is 376 g/mol. The Kier molecular flexibility index (Phi) is 5.34. The molecule has 1 aliphatic rings. The van der Waals surface area contributed by atoms with Gasteiger partial charge in [-0.1, -0.05) is 29.5 Å². The minimum absolute atomic E-state index is 0.00325. The number of aromatic nitrogens is 1. The van der Waals surface area contributed by atoms with Crippen LogP contribution < -0.4 is 14.2 Å². The van der Waals surface area contributed by atoms with E-state index >= 15 is 0 Å². The molecule has 2 aromatic carbocycles. The molecule has 7 heteroatoms. The number of carbonyl (C=O) groups is 1.